The van der Waals surface area contributed by atoms with Crippen LogP contribution in [0.25, 0.3) is 11.2 Å². The lowest BCUT2D eigenvalue weighted by molar-refractivity contribution is 0.0562. The first kappa shape index (κ1) is 23.8. The highest BCUT2D eigenvalue weighted by atomic mass is 19.2. The first-order valence-corrected chi connectivity index (χ1v) is 11.1. The predicted molar refractivity (Wildman–Crippen MR) is 123 cm³/mol. The Morgan fingerprint density at radius 1 is 1.12 bits per heavy atom. The fourth-order valence-corrected chi connectivity index (χ4v) is 4.86. The number of carboxylic acid groups (broad SMARTS) is 1. The summed E-state index contributed by atoms with van der Waals surface area (Å²) in [7, 11) is 1.87. The van der Waals surface area contributed by atoms with Gasteiger partial charge < -0.3 is 14.6 Å². The number of amides is 1. The van der Waals surface area contributed by atoms with Gasteiger partial charge in [0, 0.05) is 37.7 Å². The van der Waals surface area contributed by atoms with Crippen molar-refractivity contribution >= 4 is 23.1 Å². The third-order valence-corrected chi connectivity index (χ3v) is 6.53. The number of pyridine rings is 1. The minimum atomic E-state index is -1.27. The van der Waals surface area contributed by atoms with Crippen molar-refractivity contribution in [2.24, 2.45) is 7.05 Å². The molecule has 1 aliphatic rings. The number of imidazole rings is 1. The number of piperidine rings is 1. The minimum Gasteiger partial charge on any atom is -0.465 e. The molecule has 0 aliphatic carbocycles. The maximum Gasteiger partial charge on any atom is 0.408 e. The average molecular weight is 476 g/mol. The summed E-state index contributed by atoms with van der Waals surface area (Å²) in [5.74, 6) is -2.52. The van der Waals surface area contributed by atoms with Crippen molar-refractivity contribution < 1.29 is 23.1 Å². The van der Waals surface area contributed by atoms with Crippen LogP contribution in [0.1, 0.15) is 44.5 Å². The molecule has 182 valence electrons. The monoisotopic (exact) mass is 475 g/mol. The number of rotatable bonds is 3. The largest absolute Gasteiger partial charge is 0.465 e. The van der Waals surface area contributed by atoms with E-state index in [0.29, 0.717) is 30.5 Å². The van der Waals surface area contributed by atoms with Gasteiger partial charge in [-0.25, -0.2) is 27.9 Å². The van der Waals surface area contributed by atoms with Gasteiger partial charge in [0.25, 0.3) is 0 Å². The zero-order valence-electron chi connectivity index (χ0n) is 19.8. The normalized spacial score (nSPS) is 19.0. The van der Waals surface area contributed by atoms with Crippen LogP contribution >= 0.6 is 0 Å². The van der Waals surface area contributed by atoms with E-state index in [2.05, 4.69) is 4.98 Å². The molecule has 10 heteroatoms. The second-order valence-corrected chi connectivity index (χ2v) is 9.75. The Labute approximate surface area is 195 Å². The molecule has 0 saturated carbocycles. The van der Waals surface area contributed by atoms with Gasteiger partial charge in [-0.1, -0.05) is 0 Å². The van der Waals surface area contributed by atoms with Crippen molar-refractivity contribution in [1.29, 1.82) is 0 Å². The summed E-state index contributed by atoms with van der Waals surface area (Å²) in [4.78, 5) is 24.8. The van der Waals surface area contributed by atoms with E-state index in [1.54, 1.807) is 20.8 Å². The van der Waals surface area contributed by atoms with Gasteiger partial charge in [0.2, 0.25) is 0 Å². The number of fused-ring (bicyclic) bond motifs is 1. The van der Waals surface area contributed by atoms with E-state index in [1.807, 2.05) is 35.6 Å². The zero-order chi connectivity index (χ0) is 24.9. The molecule has 1 saturated heterocycles. The maximum absolute atomic E-state index is 14.8. The first-order chi connectivity index (χ1) is 15.9. The second kappa shape index (κ2) is 8.48. The van der Waals surface area contributed by atoms with Gasteiger partial charge in [-0.15, -0.1) is 0 Å². The Balaban J connectivity index is 1.77. The van der Waals surface area contributed by atoms with E-state index in [-0.39, 0.29) is 12.1 Å². The fourth-order valence-electron chi connectivity index (χ4n) is 4.86. The smallest absolute Gasteiger partial charge is 0.408 e. The summed E-state index contributed by atoms with van der Waals surface area (Å²) in [5, 5.41) is 10.1. The maximum atomic E-state index is 14.8. The quantitative estimate of drug-likeness (QED) is 0.549. The van der Waals surface area contributed by atoms with Crippen LogP contribution < -0.4 is 4.90 Å². The van der Waals surface area contributed by atoms with E-state index in [0.717, 1.165) is 17.4 Å². The van der Waals surface area contributed by atoms with E-state index < -0.39 is 41.0 Å². The summed E-state index contributed by atoms with van der Waals surface area (Å²) in [6.07, 6.45) is -0.838. The summed E-state index contributed by atoms with van der Waals surface area (Å²) < 4.78 is 44.3. The van der Waals surface area contributed by atoms with E-state index in [9.17, 15) is 23.1 Å². The first-order valence-electron chi connectivity index (χ1n) is 11.1. The summed E-state index contributed by atoms with van der Waals surface area (Å²) in [6.45, 7) is 7.78. The second-order valence-electron chi connectivity index (χ2n) is 9.75. The Morgan fingerprint density at radius 2 is 1.79 bits per heavy atom. The highest BCUT2D eigenvalue weighted by Gasteiger charge is 2.43. The Morgan fingerprint density at radius 3 is 2.44 bits per heavy atom. The Bertz CT molecular complexity index is 1250. The molecule has 1 aliphatic heterocycles. The van der Waals surface area contributed by atoms with Crippen LogP contribution in [0.15, 0.2) is 24.3 Å². The van der Waals surface area contributed by atoms with Gasteiger partial charge in [0.1, 0.15) is 23.0 Å². The number of anilines is 1. The highest BCUT2D eigenvalue weighted by Crippen LogP contribution is 2.38. The van der Waals surface area contributed by atoms with Gasteiger partial charge in [-0.05, 0) is 57.9 Å². The number of hydrogen-bond donors (Lipinski definition) is 1. The Kier molecular flexibility index (Phi) is 5.95. The number of benzene rings is 1. The number of aryl methyl sites for hydroxylation is 2. The third kappa shape index (κ3) is 4.17. The van der Waals surface area contributed by atoms with Crippen LogP contribution in [0.4, 0.5) is 23.8 Å². The number of aromatic nitrogens is 3. The van der Waals surface area contributed by atoms with Gasteiger partial charge in [-0.2, -0.15) is 0 Å². The molecule has 1 aromatic carbocycles. The number of nitrogens with zero attached hydrogens (tertiary/aromatic N) is 5. The van der Waals surface area contributed by atoms with Crippen molar-refractivity contribution in [3.63, 3.8) is 0 Å². The molecule has 34 heavy (non-hydrogen) atoms. The minimum absolute atomic E-state index is 0.0234. The van der Waals surface area contributed by atoms with Crippen molar-refractivity contribution in [2.75, 3.05) is 18.0 Å². The van der Waals surface area contributed by atoms with Gasteiger partial charge in [0.15, 0.2) is 17.3 Å². The molecule has 1 amide bonds. The van der Waals surface area contributed by atoms with E-state index in [4.69, 9.17) is 4.98 Å². The summed E-state index contributed by atoms with van der Waals surface area (Å²) >= 11 is 0. The Hall–Kier alpha value is -3.30. The fraction of sp³-hybridized carbons (Fsp3) is 0.458. The molecule has 2 atom stereocenters. The lowest BCUT2D eigenvalue weighted by atomic mass is 9.82. The van der Waals surface area contributed by atoms with E-state index in [1.165, 1.54) is 4.90 Å². The van der Waals surface area contributed by atoms with E-state index >= 15 is 0 Å². The van der Waals surface area contributed by atoms with Gasteiger partial charge >= 0.3 is 6.09 Å². The van der Waals surface area contributed by atoms with Gasteiger partial charge in [0.05, 0.1) is 6.04 Å². The molecule has 0 spiro atoms. The zero-order valence-corrected chi connectivity index (χ0v) is 19.8. The molecule has 0 bridgehead atoms. The van der Waals surface area contributed by atoms with Crippen molar-refractivity contribution in [3.05, 3.63) is 53.1 Å². The van der Waals surface area contributed by atoms with Crippen LogP contribution in [0.3, 0.4) is 0 Å². The molecular weight excluding hydrogens is 447 g/mol. The lowest BCUT2D eigenvalue weighted by Crippen LogP contribution is -2.59. The molecule has 2 aromatic heterocycles. The number of hydrogen-bond acceptors (Lipinski definition) is 4. The third-order valence-electron chi connectivity index (χ3n) is 6.53. The van der Waals surface area contributed by atoms with Crippen molar-refractivity contribution in [2.45, 2.75) is 51.6 Å². The molecule has 3 heterocycles. The van der Waals surface area contributed by atoms with Crippen LogP contribution in [0.2, 0.25) is 0 Å². The molecule has 1 fully saturated rings. The van der Waals surface area contributed by atoms with Crippen LogP contribution in [-0.2, 0) is 7.05 Å². The molecule has 4 rings (SSSR count). The lowest BCUT2D eigenvalue weighted by Gasteiger charge is -2.48. The molecule has 0 radical (unpaired) electrons. The molecule has 1 N–H and O–H groups in total. The van der Waals surface area contributed by atoms with Crippen molar-refractivity contribution in [3.8, 4) is 0 Å². The summed E-state index contributed by atoms with van der Waals surface area (Å²) in [6, 6.07) is 4.34. The van der Waals surface area contributed by atoms with Crippen LogP contribution in [-0.4, -0.2) is 55.3 Å². The SMILES string of the molecule is Cc1nc2ccc(N3CC[C@H](c4cc(F)c(F)cc4F)[C@@H](N(C(=O)O)C(C)(C)C)C3)nc2n1C. The average Bonchev–Trinajstić information content (AvgIpc) is 3.03. The molecule has 3 aromatic rings. The predicted octanol–water partition coefficient (Wildman–Crippen LogP) is 4.84. The topological polar surface area (TPSA) is 74.5 Å². The molecule has 7 nitrogen and oxygen atoms in total. The van der Waals surface area contributed by atoms with Crippen LogP contribution in [0, 0.1) is 24.4 Å². The molecule has 0 unspecified atom stereocenters. The highest BCUT2D eigenvalue weighted by molar-refractivity contribution is 5.74. The van der Waals surface area contributed by atoms with Crippen molar-refractivity contribution in [1.82, 2.24) is 19.4 Å². The van der Waals surface area contributed by atoms with Crippen LogP contribution in [0.5, 0.6) is 0 Å². The standard InChI is InChI=1S/C24H28F3N5O2/c1-13-28-19-6-7-21(29-22(19)30(13)5)31-9-8-14(15-10-17(26)18(27)11-16(15)25)20(12-31)32(23(33)34)24(2,3)4/h6-7,10-11,14,20H,8-9,12H2,1-5H3,(H,33,34)/t14-,20+/m1/s1. The van der Waals surface area contributed by atoms with Gasteiger partial charge in [-0.3, -0.25) is 4.90 Å². The molecular formula is C24H28F3N5O2. The summed E-state index contributed by atoms with van der Waals surface area (Å²) in [5.41, 5.74) is 0.612. The number of carbonyl (C=O) groups is 1. The number of halogens is 3.